The lowest BCUT2D eigenvalue weighted by Gasteiger charge is -2.25. The van der Waals surface area contributed by atoms with Gasteiger partial charge in [-0.05, 0) is 84.4 Å². The minimum Gasteiger partial charge on any atom is -0.372 e. The van der Waals surface area contributed by atoms with Crippen LogP contribution in [0.4, 0.5) is 11.4 Å². The predicted molar refractivity (Wildman–Crippen MR) is 178 cm³/mol. The van der Waals surface area contributed by atoms with Gasteiger partial charge in [0, 0.05) is 62.5 Å². The van der Waals surface area contributed by atoms with Crippen LogP contribution in [0.25, 0.3) is 5.57 Å². The Hall–Kier alpha value is -3.07. The highest BCUT2D eigenvalue weighted by molar-refractivity contribution is 6.04. The molecule has 3 nitrogen and oxygen atoms in total. The fraction of sp³-hybridized carbons (Fsp3) is 0.486. The van der Waals surface area contributed by atoms with Gasteiger partial charge in [0.2, 0.25) is 0 Å². The lowest BCUT2D eigenvalue weighted by atomic mass is 9.90. The first-order chi connectivity index (χ1) is 19.6. The average molecular weight is 541 g/mol. The van der Waals surface area contributed by atoms with Crippen molar-refractivity contribution in [2.45, 2.75) is 80.1 Å². The van der Waals surface area contributed by atoms with E-state index in [0.717, 1.165) is 77.8 Å². The molecule has 1 aliphatic carbocycles. The van der Waals surface area contributed by atoms with Gasteiger partial charge >= 0.3 is 0 Å². The lowest BCUT2D eigenvalue weighted by Crippen LogP contribution is -2.24. The molecule has 0 spiro atoms. The van der Waals surface area contributed by atoms with Crippen molar-refractivity contribution in [3.63, 3.8) is 0 Å². The van der Waals surface area contributed by atoms with Crippen molar-refractivity contribution in [2.75, 3.05) is 49.1 Å². The van der Waals surface area contributed by atoms with Crippen LogP contribution in [0.15, 0.2) is 78.4 Å². The average Bonchev–Trinajstić information content (AvgIpc) is 2.98. The van der Waals surface area contributed by atoms with E-state index in [9.17, 15) is 0 Å². The Kier molecular flexibility index (Phi) is 13.3. The molecule has 0 atom stereocenters. The van der Waals surface area contributed by atoms with Crippen LogP contribution in [0.5, 0.6) is 0 Å². The zero-order chi connectivity index (χ0) is 28.7. The van der Waals surface area contributed by atoms with Gasteiger partial charge in [-0.15, -0.1) is 0 Å². The summed E-state index contributed by atoms with van der Waals surface area (Å²) in [5.74, 6) is 0. The van der Waals surface area contributed by atoms with Crippen LogP contribution in [0, 0.1) is 0 Å². The van der Waals surface area contributed by atoms with Crippen LogP contribution in [0.2, 0.25) is 0 Å². The number of hydrogen-bond acceptors (Lipinski definition) is 2. The van der Waals surface area contributed by atoms with Crippen molar-refractivity contribution in [2.24, 2.45) is 0 Å². The van der Waals surface area contributed by atoms with Gasteiger partial charge in [-0.25, -0.2) is 4.58 Å². The smallest absolute Gasteiger partial charge is 0.199 e. The minimum atomic E-state index is 1.10. The predicted octanol–water partition coefficient (Wildman–Crippen LogP) is 9.14. The molecule has 0 aromatic heterocycles. The minimum absolute atomic E-state index is 1.10. The van der Waals surface area contributed by atoms with E-state index < -0.39 is 0 Å². The monoisotopic (exact) mass is 540 g/mol. The molecule has 1 aliphatic rings. The summed E-state index contributed by atoms with van der Waals surface area (Å²) in [6.07, 6.45) is 16.3. The first-order valence-electron chi connectivity index (χ1n) is 16.0. The number of benzene rings is 2. The third kappa shape index (κ3) is 8.46. The van der Waals surface area contributed by atoms with E-state index in [1.165, 1.54) is 39.4 Å². The van der Waals surface area contributed by atoms with Gasteiger partial charge in [-0.2, -0.15) is 0 Å². The SMILES string of the molecule is CCCN(CCC)c1ccc(C(=C2C=CC(=[N+](CCC)CCC)C=C2)c2ccc(N(CCC)CCC)cc2)cc1. The second kappa shape index (κ2) is 16.9. The first-order valence-corrected chi connectivity index (χ1v) is 16.0. The van der Waals surface area contributed by atoms with Crippen LogP contribution in [-0.4, -0.2) is 49.6 Å². The zero-order valence-corrected chi connectivity index (χ0v) is 26.3. The van der Waals surface area contributed by atoms with Gasteiger partial charge < -0.3 is 9.80 Å². The molecule has 0 aliphatic heterocycles. The summed E-state index contributed by atoms with van der Waals surface area (Å²) in [4.78, 5) is 5.03. The summed E-state index contributed by atoms with van der Waals surface area (Å²) in [6.45, 7) is 20.2. The lowest BCUT2D eigenvalue weighted by molar-refractivity contribution is -0.526. The van der Waals surface area contributed by atoms with Gasteiger partial charge in [-0.3, -0.25) is 0 Å². The van der Waals surface area contributed by atoms with E-state index in [1.807, 2.05) is 0 Å². The van der Waals surface area contributed by atoms with Crippen molar-refractivity contribution in [1.29, 1.82) is 0 Å². The van der Waals surface area contributed by atoms with Crippen molar-refractivity contribution < 1.29 is 4.58 Å². The number of rotatable bonds is 16. The summed E-state index contributed by atoms with van der Waals surface area (Å²) in [5, 5.41) is 0. The Labute approximate surface area is 245 Å². The zero-order valence-electron chi connectivity index (χ0n) is 26.3. The Morgan fingerprint density at radius 3 is 1.20 bits per heavy atom. The van der Waals surface area contributed by atoms with Crippen LogP contribution in [0.1, 0.15) is 91.2 Å². The summed E-state index contributed by atoms with van der Waals surface area (Å²) in [6, 6.07) is 18.6. The molecule has 3 rings (SSSR count). The molecule has 0 amide bonds. The Morgan fingerprint density at radius 1 is 0.500 bits per heavy atom. The second-order valence-corrected chi connectivity index (χ2v) is 11.0. The standard InChI is InChI=1S/C37H54N3/c1-7-25-38(26-8-2)34-19-13-31(14-20-34)37(32-15-21-35(22-16-32)39(27-9-3)28-10-4)33-17-23-36(24-18-33)40(29-11-5)30-12-6/h13-24H,7-12,25-30H2,1-6H3/q+1. The van der Waals surface area contributed by atoms with E-state index in [2.05, 4.69) is 129 Å². The number of nitrogens with zero attached hydrogens (tertiary/aromatic N) is 3. The largest absolute Gasteiger partial charge is 0.372 e. The van der Waals surface area contributed by atoms with E-state index in [-0.39, 0.29) is 0 Å². The van der Waals surface area contributed by atoms with Gasteiger partial charge in [0.05, 0.1) is 0 Å². The quantitative estimate of drug-likeness (QED) is 0.196. The van der Waals surface area contributed by atoms with Gasteiger partial charge in [0.25, 0.3) is 0 Å². The number of anilines is 2. The molecule has 3 heteroatoms. The second-order valence-electron chi connectivity index (χ2n) is 11.0. The van der Waals surface area contributed by atoms with Gasteiger partial charge in [-0.1, -0.05) is 65.8 Å². The Bertz CT molecular complexity index is 1050. The maximum atomic E-state index is 2.51. The molecule has 40 heavy (non-hydrogen) atoms. The Balaban J connectivity index is 2.06. The summed E-state index contributed by atoms with van der Waals surface area (Å²) >= 11 is 0. The van der Waals surface area contributed by atoms with E-state index in [1.54, 1.807) is 0 Å². The molecule has 0 heterocycles. The molecule has 2 aromatic carbocycles. The van der Waals surface area contributed by atoms with Gasteiger partial charge in [0.15, 0.2) is 5.71 Å². The maximum absolute atomic E-state index is 2.51. The molecule has 0 N–H and O–H groups in total. The molecule has 0 bridgehead atoms. The molecule has 216 valence electrons. The van der Waals surface area contributed by atoms with Gasteiger partial charge in [0.1, 0.15) is 13.1 Å². The van der Waals surface area contributed by atoms with Crippen molar-refractivity contribution in [3.05, 3.63) is 89.5 Å². The number of allylic oxidation sites excluding steroid dienone is 5. The third-order valence-electron chi connectivity index (χ3n) is 7.52. The molecular formula is C37H54N3+. The van der Waals surface area contributed by atoms with Crippen molar-refractivity contribution in [1.82, 2.24) is 0 Å². The highest BCUT2D eigenvalue weighted by Crippen LogP contribution is 2.32. The topological polar surface area (TPSA) is 9.49 Å². The summed E-state index contributed by atoms with van der Waals surface area (Å²) < 4.78 is 2.51. The summed E-state index contributed by atoms with van der Waals surface area (Å²) in [7, 11) is 0. The van der Waals surface area contributed by atoms with Crippen LogP contribution in [0.3, 0.4) is 0 Å². The highest BCUT2D eigenvalue weighted by Gasteiger charge is 2.16. The van der Waals surface area contributed by atoms with Crippen LogP contribution < -0.4 is 9.80 Å². The Morgan fingerprint density at radius 2 is 0.875 bits per heavy atom. The molecule has 0 saturated carbocycles. The molecular weight excluding hydrogens is 486 g/mol. The number of hydrogen-bond donors (Lipinski definition) is 0. The first kappa shape index (κ1) is 31.5. The highest BCUT2D eigenvalue weighted by atomic mass is 15.1. The summed E-state index contributed by atoms with van der Waals surface area (Å²) in [5.41, 5.74) is 9.09. The van der Waals surface area contributed by atoms with E-state index >= 15 is 0 Å². The molecule has 0 fully saturated rings. The maximum Gasteiger partial charge on any atom is 0.199 e. The molecule has 2 aromatic rings. The third-order valence-corrected chi connectivity index (χ3v) is 7.52. The fourth-order valence-corrected chi connectivity index (χ4v) is 5.75. The van der Waals surface area contributed by atoms with Crippen LogP contribution >= 0.6 is 0 Å². The molecule has 0 radical (unpaired) electrons. The fourth-order valence-electron chi connectivity index (χ4n) is 5.75. The van der Waals surface area contributed by atoms with Crippen molar-refractivity contribution in [3.8, 4) is 0 Å². The van der Waals surface area contributed by atoms with E-state index in [0.29, 0.717) is 0 Å². The molecule has 0 saturated heterocycles. The molecule has 0 unspecified atom stereocenters. The van der Waals surface area contributed by atoms with Crippen LogP contribution in [-0.2, 0) is 0 Å². The van der Waals surface area contributed by atoms with E-state index in [4.69, 9.17) is 0 Å². The normalized spacial score (nSPS) is 12.7. The van der Waals surface area contributed by atoms with Crippen molar-refractivity contribution >= 4 is 22.7 Å².